The molecular formula is C24H24N4O6S. The molecular weight excluding hydrogens is 472 g/mol. The Morgan fingerprint density at radius 3 is 2.29 bits per heavy atom. The number of para-hydroxylation sites is 2. The summed E-state index contributed by atoms with van der Waals surface area (Å²) in [6.45, 7) is 3.14. The fourth-order valence-electron chi connectivity index (χ4n) is 3.16. The number of carbonyl (C=O) groups is 1. The van der Waals surface area contributed by atoms with Gasteiger partial charge in [-0.2, -0.15) is 5.10 Å². The van der Waals surface area contributed by atoms with Gasteiger partial charge in [0, 0.05) is 12.1 Å². The number of anilines is 1. The highest BCUT2D eigenvalue weighted by Crippen LogP contribution is 2.32. The number of benzene rings is 3. The largest absolute Gasteiger partial charge is 0.492 e. The van der Waals surface area contributed by atoms with Gasteiger partial charge >= 0.3 is 0 Å². The fraction of sp³-hybridized carbons (Fsp3) is 0.167. The maximum absolute atomic E-state index is 13.5. The molecule has 1 amide bonds. The van der Waals surface area contributed by atoms with Crippen molar-refractivity contribution in [2.24, 2.45) is 5.10 Å². The number of carbonyl (C=O) groups excluding carboxylic acids is 1. The molecule has 0 aliphatic carbocycles. The van der Waals surface area contributed by atoms with Crippen LogP contribution in [0.1, 0.15) is 19.4 Å². The standard InChI is InChI=1S/C24H24N4O6S/c1-3-34-23-12-8-7-11-22(23)27(35(32,33)21-9-5-4-6-10-21)17-24(29)26-25-18(2)19-13-15-20(16-14-19)28(30)31/h4-16H,3,17H2,1-2H3,(H,26,29)/b25-18-. The summed E-state index contributed by atoms with van der Waals surface area (Å²) in [7, 11) is -4.11. The molecule has 0 unspecified atom stereocenters. The number of sulfonamides is 1. The van der Waals surface area contributed by atoms with Crippen molar-refractivity contribution in [1.29, 1.82) is 0 Å². The molecule has 11 heteroatoms. The molecule has 0 aliphatic rings. The van der Waals surface area contributed by atoms with Crippen LogP contribution >= 0.6 is 0 Å². The van der Waals surface area contributed by atoms with E-state index >= 15 is 0 Å². The summed E-state index contributed by atoms with van der Waals surface area (Å²) in [4.78, 5) is 23.1. The number of non-ortho nitro benzene ring substituents is 1. The zero-order chi connectivity index (χ0) is 25.4. The summed E-state index contributed by atoms with van der Waals surface area (Å²) in [6, 6.07) is 20.0. The van der Waals surface area contributed by atoms with Gasteiger partial charge in [0.2, 0.25) is 0 Å². The van der Waals surface area contributed by atoms with Gasteiger partial charge in [0.05, 0.1) is 27.8 Å². The Hall–Kier alpha value is -4.25. The van der Waals surface area contributed by atoms with Crippen LogP contribution in [-0.4, -0.2) is 38.1 Å². The van der Waals surface area contributed by atoms with E-state index in [4.69, 9.17) is 4.74 Å². The molecule has 0 saturated heterocycles. The van der Waals surface area contributed by atoms with Gasteiger partial charge in [-0.25, -0.2) is 13.8 Å². The number of nitrogens with one attached hydrogen (secondary N) is 1. The number of rotatable bonds is 10. The molecule has 0 fully saturated rings. The second kappa shape index (κ2) is 11.3. The fourth-order valence-corrected chi connectivity index (χ4v) is 4.61. The van der Waals surface area contributed by atoms with E-state index in [0.29, 0.717) is 23.6 Å². The van der Waals surface area contributed by atoms with Gasteiger partial charge in [0.15, 0.2) is 0 Å². The Balaban J connectivity index is 1.88. The lowest BCUT2D eigenvalue weighted by atomic mass is 10.1. The Labute approximate surface area is 203 Å². The molecule has 1 N–H and O–H groups in total. The normalized spacial score (nSPS) is 11.5. The number of ether oxygens (including phenoxy) is 1. The monoisotopic (exact) mass is 496 g/mol. The third-order valence-corrected chi connectivity index (χ3v) is 6.67. The molecule has 0 aliphatic heterocycles. The molecule has 182 valence electrons. The molecule has 35 heavy (non-hydrogen) atoms. The Kier molecular flexibility index (Phi) is 8.16. The van der Waals surface area contributed by atoms with Crippen LogP contribution in [-0.2, 0) is 14.8 Å². The van der Waals surface area contributed by atoms with Crippen LogP contribution in [0.25, 0.3) is 0 Å². The Morgan fingerprint density at radius 2 is 1.66 bits per heavy atom. The number of nitrogens with zero attached hydrogens (tertiary/aromatic N) is 3. The Bertz CT molecular complexity index is 1330. The lowest BCUT2D eigenvalue weighted by Crippen LogP contribution is -2.40. The van der Waals surface area contributed by atoms with Gasteiger partial charge < -0.3 is 4.74 Å². The van der Waals surface area contributed by atoms with E-state index in [2.05, 4.69) is 10.5 Å². The van der Waals surface area contributed by atoms with E-state index in [9.17, 15) is 23.3 Å². The summed E-state index contributed by atoms with van der Waals surface area (Å²) < 4.78 is 33.5. The summed E-state index contributed by atoms with van der Waals surface area (Å²) in [5.74, 6) is -0.370. The van der Waals surface area contributed by atoms with Crippen molar-refractivity contribution in [2.45, 2.75) is 18.7 Å². The van der Waals surface area contributed by atoms with Crippen molar-refractivity contribution in [2.75, 3.05) is 17.5 Å². The van der Waals surface area contributed by atoms with Gasteiger partial charge in [-0.1, -0.05) is 30.3 Å². The minimum absolute atomic E-state index is 0.0182. The molecule has 0 spiro atoms. The van der Waals surface area contributed by atoms with Crippen LogP contribution in [0.2, 0.25) is 0 Å². The lowest BCUT2D eigenvalue weighted by molar-refractivity contribution is -0.384. The van der Waals surface area contributed by atoms with Crippen LogP contribution < -0.4 is 14.5 Å². The zero-order valence-corrected chi connectivity index (χ0v) is 19.9. The number of amides is 1. The van der Waals surface area contributed by atoms with Crippen molar-refractivity contribution in [1.82, 2.24) is 5.43 Å². The van der Waals surface area contributed by atoms with E-state index in [0.717, 1.165) is 4.31 Å². The first-order chi connectivity index (χ1) is 16.7. The van der Waals surface area contributed by atoms with Crippen molar-refractivity contribution < 1.29 is 22.9 Å². The smallest absolute Gasteiger partial charge is 0.269 e. The number of nitro groups is 1. The van der Waals surface area contributed by atoms with Crippen molar-refractivity contribution >= 4 is 33.0 Å². The molecule has 3 aromatic rings. The van der Waals surface area contributed by atoms with E-state index < -0.39 is 27.4 Å². The van der Waals surface area contributed by atoms with Gasteiger partial charge in [0.25, 0.3) is 21.6 Å². The summed E-state index contributed by atoms with van der Waals surface area (Å²) in [6.07, 6.45) is 0. The predicted molar refractivity (Wildman–Crippen MR) is 132 cm³/mol. The van der Waals surface area contributed by atoms with Crippen LogP contribution in [0.15, 0.2) is 88.9 Å². The topological polar surface area (TPSA) is 131 Å². The predicted octanol–water partition coefficient (Wildman–Crippen LogP) is 3.73. The van der Waals surface area contributed by atoms with E-state index in [1.165, 1.54) is 36.4 Å². The van der Waals surface area contributed by atoms with Gasteiger partial charge in [-0.05, 0) is 55.8 Å². The quantitative estimate of drug-likeness (QED) is 0.258. The van der Waals surface area contributed by atoms with E-state index in [1.807, 2.05) is 0 Å². The van der Waals surface area contributed by atoms with E-state index in [-0.39, 0.29) is 16.3 Å². The minimum Gasteiger partial charge on any atom is -0.492 e. The Morgan fingerprint density at radius 1 is 1.03 bits per heavy atom. The first kappa shape index (κ1) is 25.4. The molecule has 0 atom stereocenters. The van der Waals surface area contributed by atoms with Gasteiger partial charge in [0.1, 0.15) is 12.3 Å². The molecule has 3 rings (SSSR count). The minimum atomic E-state index is -4.11. The third kappa shape index (κ3) is 6.21. The first-order valence-corrected chi connectivity index (χ1v) is 12.1. The first-order valence-electron chi connectivity index (χ1n) is 10.6. The highest BCUT2D eigenvalue weighted by molar-refractivity contribution is 7.92. The van der Waals surface area contributed by atoms with Gasteiger partial charge in [-0.3, -0.25) is 19.2 Å². The average molecular weight is 497 g/mol. The highest BCUT2D eigenvalue weighted by Gasteiger charge is 2.29. The van der Waals surface area contributed by atoms with Gasteiger partial charge in [-0.15, -0.1) is 0 Å². The van der Waals surface area contributed by atoms with Crippen molar-refractivity contribution in [3.63, 3.8) is 0 Å². The maximum Gasteiger partial charge on any atom is 0.269 e. The zero-order valence-electron chi connectivity index (χ0n) is 19.1. The summed E-state index contributed by atoms with van der Waals surface area (Å²) in [5.41, 5.74) is 3.46. The summed E-state index contributed by atoms with van der Waals surface area (Å²) >= 11 is 0. The second-order valence-electron chi connectivity index (χ2n) is 7.26. The van der Waals surface area contributed by atoms with Crippen LogP contribution in [0.4, 0.5) is 11.4 Å². The average Bonchev–Trinajstić information content (AvgIpc) is 2.87. The number of hydrogen-bond donors (Lipinski definition) is 1. The highest BCUT2D eigenvalue weighted by atomic mass is 32.2. The molecule has 0 aromatic heterocycles. The summed E-state index contributed by atoms with van der Waals surface area (Å²) in [5, 5.41) is 14.8. The lowest BCUT2D eigenvalue weighted by Gasteiger charge is -2.25. The second-order valence-corrected chi connectivity index (χ2v) is 9.12. The van der Waals surface area contributed by atoms with Crippen molar-refractivity contribution in [3.8, 4) is 5.75 Å². The number of hydrogen-bond acceptors (Lipinski definition) is 7. The molecule has 0 saturated carbocycles. The van der Waals surface area contributed by atoms with Crippen LogP contribution in [0, 0.1) is 10.1 Å². The molecule has 3 aromatic carbocycles. The van der Waals surface area contributed by atoms with Crippen LogP contribution in [0.5, 0.6) is 5.75 Å². The molecule has 0 heterocycles. The SMILES string of the molecule is CCOc1ccccc1N(CC(=O)N/N=C(/C)c1ccc([N+](=O)[O-])cc1)S(=O)(=O)c1ccccc1. The van der Waals surface area contributed by atoms with Crippen molar-refractivity contribution in [3.05, 3.63) is 94.5 Å². The van der Waals surface area contributed by atoms with Crippen LogP contribution in [0.3, 0.4) is 0 Å². The molecule has 10 nitrogen and oxygen atoms in total. The molecule has 0 radical (unpaired) electrons. The third-order valence-electron chi connectivity index (χ3n) is 4.90. The molecule has 0 bridgehead atoms. The van der Waals surface area contributed by atoms with E-state index in [1.54, 1.807) is 56.3 Å². The number of nitro benzene ring substituents is 1. The number of hydrazone groups is 1. The maximum atomic E-state index is 13.5.